The summed E-state index contributed by atoms with van der Waals surface area (Å²) in [5, 5.41) is 3.79. The Labute approximate surface area is 165 Å². The van der Waals surface area contributed by atoms with E-state index < -0.39 is 11.7 Å². The lowest BCUT2D eigenvalue weighted by molar-refractivity contribution is -0.137. The van der Waals surface area contributed by atoms with Crippen LogP contribution in [0, 0.1) is 0 Å². The summed E-state index contributed by atoms with van der Waals surface area (Å²) in [5.41, 5.74) is 0.803. The van der Waals surface area contributed by atoms with Gasteiger partial charge in [0.15, 0.2) is 0 Å². The Hall–Kier alpha value is -3.29. The van der Waals surface area contributed by atoms with Gasteiger partial charge >= 0.3 is 12.2 Å². The van der Waals surface area contributed by atoms with Crippen LogP contribution >= 0.6 is 0 Å². The second-order valence-corrected chi connectivity index (χ2v) is 6.80. The molecule has 8 heteroatoms. The van der Waals surface area contributed by atoms with Gasteiger partial charge in [0.2, 0.25) is 0 Å². The standard InChI is InChI=1S/C21H19F3N4O/c22-21(23,24)16-7-1-2-9-18(16)27-11-13-28(14-12-27)20(29)26-17-8-3-5-15-6-4-10-25-19(15)17/h1-10H,11-14H2,(H,26,29). The zero-order chi connectivity index (χ0) is 20.4. The topological polar surface area (TPSA) is 48.5 Å². The molecule has 0 spiro atoms. The number of carbonyl (C=O) groups is 1. The molecule has 1 aliphatic rings. The third kappa shape index (κ3) is 3.96. The Morgan fingerprint density at radius 3 is 2.41 bits per heavy atom. The number of anilines is 2. The Bertz CT molecular complexity index is 1020. The number of carbonyl (C=O) groups excluding carboxylic acids is 1. The lowest BCUT2D eigenvalue weighted by atomic mass is 10.1. The van der Waals surface area contributed by atoms with Gasteiger partial charge in [0.1, 0.15) is 0 Å². The molecule has 0 bridgehead atoms. The van der Waals surface area contributed by atoms with Crippen LogP contribution in [0.1, 0.15) is 5.56 Å². The highest BCUT2D eigenvalue weighted by Gasteiger charge is 2.35. The summed E-state index contributed by atoms with van der Waals surface area (Å²) >= 11 is 0. The molecule has 5 nitrogen and oxygen atoms in total. The fourth-order valence-electron chi connectivity index (χ4n) is 3.54. The maximum absolute atomic E-state index is 13.3. The summed E-state index contributed by atoms with van der Waals surface area (Å²) in [6.45, 7) is 1.31. The van der Waals surface area contributed by atoms with Gasteiger partial charge in [-0.15, -0.1) is 0 Å². The summed E-state index contributed by atoms with van der Waals surface area (Å²) < 4.78 is 39.8. The zero-order valence-corrected chi connectivity index (χ0v) is 15.5. The van der Waals surface area contributed by atoms with E-state index in [1.165, 1.54) is 12.1 Å². The average molecular weight is 400 g/mol. The maximum Gasteiger partial charge on any atom is 0.418 e. The molecule has 4 rings (SSSR count). The van der Waals surface area contributed by atoms with Gasteiger partial charge in [-0.2, -0.15) is 13.2 Å². The number of hydrogen-bond donors (Lipinski definition) is 1. The molecule has 0 saturated carbocycles. The summed E-state index contributed by atoms with van der Waals surface area (Å²) in [5.74, 6) is 0. The number of para-hydroxylation sites is 2. The van der Waals surface area contributed by atoms with E-state index in [2.05, 4.69) is 10.3 Å². The first kappa shape index (κ1) is 19.0. The van der Waals surface area contributed by atoms with Gasteiger partial charge in [0.05, 0.1) is 16.8 Å². The van der Waals surface area contributed by atoms with E-state index in [-0.39, 0.29) is 11.7 Å². The predicted molar refractivity (Wildman–Crippen MR) is 106 cm³/mol. The van der Waals surface area contributed by atoms with Gasteiger partial charge in [0.25, 0.3) is 0 Å². The highest BCUT2D eigenvalue weighted by molar-refractivity contribution is 5.99. The Morgan fingerprint density at radius 1 is 0.931 bits per heavy atom. The van der Waals surface area contributed by atoms with Crippen LogP contribution < -0.4 is 10.2 Å². The number of hydrogen-bond acceptors (Lipinski definition) is 3. The molecule has 1 N–H and O–H groups in total. The second-order valence-electron chi connectivity index (χ2n) is 6.80. The monoisotopic (exact) mass is 400 g/mol. The molecule has 0 unspecified atom stereocenters. The molecule has 0 aliphatic carbocycles. The number of amides is 2. The van der Waals surface area contributed by atoms with Gasteiger partial charge in [-0.25, -0.2) is 4.79 Å². The second kappa shape index (κ2) is 7.62. The predicted octanol–water partition coefficient (Wildman–Crippen LogP) is 4.61. The zero-order valence-electron chi connectivity index (χ0n) is 15.5. The van der Waals surface area contributed by atoms with Crippen molar-refractivity contribution in [2.45, 2.75) is 6.18 Å². The van der Waals surface area contributed by atoms with Gasteiger partial charge in [-0.3, -0.25) is 4.98 Å². The first-order chi connectivity index (χ1) is 13.9. The molecule has 29 heavy (non-hydrogen) atoms. The molecule has 1 aliphatic heterocycles. The molecular weight excluding hydrogens is 381 g/mol. The smallest absolute Gasteiger partial charge is 0.367 e. The number of alkyl halides is 3. The SMILES string of the molecule is O=C(Nc1cccc2cccnc12)N1CCN(c2ccccc2C(F)(F)F)CC1. The van der Waals surface area contributed by atoms with Crippen molar-refractivity contribution in [1.29, 1.82) is 0 Å². The van der Waals surface area contributed by atoms with Crippen LogP contribution in [0.3, 0.4) is 0 Å². The van der Waals surface area contributed by atoms with Gasteiger partial charge < -0.3 is 15.1 Å². The molecule has 1 saturated heterocycles. The molecule has 0 atom stereocenters. The molecule has 0 radical (unpaired) electrons. The van der Waals surface area contributed by atoms with E-state index >= 15 is 0 Å². The summed E-state index contributed by atoms with van der Waals surface area (Å²) in [6, 6.07) is 14.5. The van der Waals surface area contributed by atoms with Crippen LogP contribution in [0.15, 0.2) is 60.8 Å². The van der Waals surface area contributed by atoms with Gasteiger partial charge in [-0.05, 0) is 24.3 Å². The number of nitrogens with zero attached hydrogens (tertiary/aromatic N) is 3. The van der Waals surface area contributed by atoms with Crippen molar-refractivity contribution in [3.8, 4) is 0 Å². The summed E-state index contributed by atoms with van der Waals surface area (Å²) in [4.78, 5) is 20.3. The van der Waals surface area contributed by atoms with Crippen molar-refractivity contribution in [2.24, 2.45) is 0 Å². The van der Waals surface area contributed by atoms with Crippen LogP contribution in [0.25, 0.3) is 10.9 Å². The van der Waals surface area contributed by atoms with E-state index in [1.807, 2.05) is 24.3 Å². The molecule has 2 amide bonds. The number of urea groups is 1. The lowest BCUT2D eigenvalue weighted by Gasteiger charge is -2.37. The minimum absolute atomic E-state index is 0.151. The summed E-state index contributed by atoms with van der Waals surface area (Å²) in [6.07, 6.45) is -2.75. The maximum atomic E-state index is 13.3. The first-order valence-electron chi connectivity index (χ1n) is 9.24. The number of fused-ring (bicyclic) bond motifs is 1. The van der Waals surface area contributed by atoms with E-state index in [9.17, 15) is 18.0 Å². The van der Waals surface area contributed by atoms with E-state index in [0.717, 1.165) is 11.5 Å². The van der Waals surface area contributed by atoms with Crippen molar-refractivity contribution in [3.05, 3.63) is 66.4 Å². The number of piperazine rings is 1. The fraction of sp³-hybridized carbons (Fsp3) is 0.238. The Morgan fingerprint density at radius 2 is 1.66 bits per heavy atom. The Balaban J connectivity index is 1.44. The molecule has 3 aromatic rings. The number of nitrogens with one attached hydrogen (secondary N) is 1. The molecular formula is C21H19F3N4O. The molecule has 2 heterocycles. The van der Waals surface area contributed by atoms with Gasteiger partial charge in [-0.1, -0.05) is 30.3 Å². The van der Waals surface area contributed by atoms with Crippen molar-refractivity contribution in [1.82, 2.24) is 9.88 Å². The van der Waals surface area contributed by atoms with Crippen LogP contribution in [0.5, 0.6) is 0 Å². The van der Waals surface area contributed by atoms with Crippen molar-refractivity contribution in [2.75, 3.05) is 36.4 Å². The van der Waals surface area contributed by atoms with Crippen molar-refractivity contribution in [3.63, 3.8) is 0 Å². The molecule has 2 aromatic carbocycles. The minimum atomic E-state index is -4.41. The van der Waals surface area contributed by atoms with E-state index in [4.69, 9.17) is 0 Å². The highest BCUT2D eigenvalue weighted by atomic mass is 19.4. The van der Waals surface area contributed by atoms with Crippen LogP contribution in [0.2, 0.25) is 0 Å². The largest absolute Gasteiger partial charge is 0.418 e. The molecule has 1 fully saturated rings. The number of aromatic nitrogens is 1. The highest BCUT2D eigenvalue weighted by Crippen LogP contribution is 2.36. The average Bonchev–Trinajstić information content (AvgIpc) is 2.73. The number of rotatable bonds is 2. The lowest BCUT2D eigenvalue weighted by Crippen LogP contribution is -2.50. The third-order valence-corrected chi connectivity index (χ3v) is 4.99. The van der Waals surface area contributed by atoms with Gasteiger partial charge in [0, 0.05) is 43.4 Å². The van der Waals surface area contributed by atoms with Crippen molar-refractivity contribution >= 4 is 28.3 Å². The normalized spacial score (nSPS) is 14.9. The number of pyridine rings is 1. The Kier molecular flexibility index (Phi) is 5.00. The molecule has 1 aromatic heterocycles. The first-order valence-corrected chi connectivity index (χ1v) is 9.24. The minimum Gasteiger partial charge on any atom is -0.367 e. The van der Waals surface area contributed by atoms with Crippen LogP contribution in [-0.2, 0) is 6.18 Å². The third-order valence-electron chi connectivity index (χ3n) is 4.99. The summed E-state index contributed by atoms with van der Waals surface area (Å²) in [7, 11) is 0. The van der Waals surface area contributed by atoms with Crippen LogP contribution in [0.4, 0.5) is 29.3 Å². The van der Waals surface area contributed by atoms with E-state index in [1.54, 1.807) is 28.1 Å². The van der Waals surface area contributed by atoms with Crippen molar-refractivity contribution < 1.29 is 18.0 Å². The number of benzene rings is 2. The van der Waals surface area contributed by atoms with E-state index in [0.29, 0.717) is 37.4 Å². The number of halogens is 3. The molecule has 150 valence electrons. The fourth-order valence-corrected chi connectivity index (χ4v) is 3.54. The van der Waals surface area contributed by atoms with Crippen LogP contribution in [-0.4, -0.2) is 42.1 Å². The quantitative estimate of drug-likeness (QED) is 0.684.